The molecule has 0 fully saturated rings. The van der Waals surface area contributed by atoms with E-state index in [1.165, 1.54) is 18.8 Å². The quantitative estimate of drug-likeness (QED) is 0.588. The fourth-order valence-corrected chi connectivity index (χ4v) is 3.83. The van der Waals surface area contributed by atoms with Crippen molar-refractivity contribution in [3.8, 4) is 0 Å². The second-order valence-electron chi connectivity index (χ2n) is 2.61. The van der Waals surface area contributed by atoms with Gasteiger partial charge in [0.2, 0.25) is 0 Å². The van der Waals surface area contributed by atoms with Gasteiger partial charge < -0.3 is 0 Å². The van der Waals surface area contributed by atoms with Gasteiger partial charge in [-0.1, -0.05) is 0 Å². The van der Waals surface area contributed by atoms with Crippen LogP contribution in [0.5, 0.6) is 0 Å². The molecule has 13 heavy (non-hydrogen) atoms. The number of hydrogen-bond acceptors (Lipinski definition) is 3. The molecule has 1 aromatic heterocycles. The molecule has 0 nitrogen and oxygen atoms in total. The standard InChI is InChI=1S/C9H7BrS3/c1-12-8-2-5-3-9(10)13-7(5)4-6(8)11/h2-4,11H,1H3. The molecule has 0 unspecified atom stereocenters. The van der Waals surface area contributed by atoms with Crippen molar-refractivity contribution in [2.75, 3.05) is 6.26 Å². The lowest BCUT2D eigenvalue weighted by atomic mass is 10.3. The Morgan fingerprint density at radius 3 is 2.85 bits per heavy atom. The Kier molecular flexibility index (Phi) is 2.93. The maximum absolute atomic E-state index is 4.43. The van der Waals surface area contributed by atoms with E-state index in [4.69, 9.17) is 0 Å². The van der Waals surface area contributed by atoms with Gasteiger partial charge in [0.05, 0.1) is 3.79 Å². The van der Waals surface area contributed by atoms with Crippen LogP contribution in [0.25, 0.3) is 10.1 Å². The number of halogens is 1. The molecule has 0 atom stereocenters. The summed E-state index contributed by atoms with van der Waals surface area (Å²) in [6.45, 7) is 0. The maximum Gasteiger partial charge on any atom is 0.0711 e. The summed E-state index contributed by atoms with van der Waals surface area (Å²) in [7, 11) is 0. The zero-order chi connectivity index (χ0) is 9.42. The summed E-state index contributed by atoms with van der Waals surface area (Å²) in [5, 5.41) is 1.29. The van der Waals surface area contributed by atoms with E-state index in [1.54, 1.807) is 23.1 Å². The average molecular weight is 291 g/mol. The number of hydrogen-bond donors (Lipinski definition) is 1. The van der Waals surface area contributed by atoms with Crippen molar-refractivity contribution in [3.63, 3.8) is 0 Å². The molecule has 0 aliphatic heterocycles. The molecule has 0 saturated heterocycles. The Labute approximate surface area is 99.3 Å². The molecular weight excluding hydrogens is 284 g/mol. The average Bonchev–Trinajstić information content (AvgIpc) is 2.42. The third-order valence-corrected chi connectivity index (χ3v) is 4.69. The highest BCUT2D eigenvalue weighted by Gasteiger charge is 2.03. The summed E-state index contributed by atoms with van der Waals surface area (Å²) >= 11 is 11.4. The van der Waals surface area contributed by atoms with Gasteiger partial charge in [-0.3, -0.25) is 0 Å². The van der Waals surface area contributed by atoms with Crippen LogP contribution in [0.15, 0.2) is 31.8 Å². The van der Waals surface area contributed by atoms with Gasteiger partial charge in [0.1, 0.15) is 0 Å². The van der Waals surface area contributed by atoms with Gasteiger partial charge in [0.25, 0.3) is 0 Å². The topological polar surface area (TPSA) is 0 Å². The van der Waals surface area contributed by atoms with E-state index >= 15 is 0 Å². The fraction of sp³-hybridized carbons (Fsp3) is 0.111. The molecule has 68 valence electrons. The molecule has 0 aliphatic rings. The van der Waals surface area contributed by atoms with Crippen molar-refractivity contribution in [2.45, 2.75) is 9.79 Å². The molecule has 0 spiro atoms. The van der Waals surface area contributed by atoms with E-state index in [9.17, 15) is 0 Å². The minimum Gasteiger partial charge on any atom is -0.142 e. The highest BCUT2D eigenvalue weighted by atomic mass is 79.9. The number of thioether (sulfide) groups is 1. The summed E-state index contributed by atoms with van der Waals surface area (Å²) in [6, 6.07) is 6.45. The monoisotopic (exact) mass is 290 g/mol. The largest absolute Gasteiger partial charge is 0.142 e. The third-order valence-electron chi connectivity index (χ3n) is 1.79. The second kappa shape index (κ2) is 3.85. The van der Waals surface area contributed by atoms with E-state index in [-0.39, 0.29) is 0 Å². The van der Waals surface area contributed by atoms with Crippen molar-refractivity contribution in [1.29, 1.82) is 0 Å². The normalized spacial score (nSPS) is 11.0. The van der Waals surface area contributed by atoms with Gasteiger partial charge in [-0.15, -0.1) is 35.7 Å². The molecule has 0 saturated carbocycles. The SMILES string of the molecule is CSc1cc2cc(Br)sc2cc1S. The molecule has 4 heteroatoms. The summed E-state index contributed by atoms with van der Waals surface area (Å²) in [6.07, 6.45) is 2.07. The molecule has 0 N–H and O–H groups in total. The van der Waals surface area contributed by atoms with Gasteiger partial charge in [0, 0.05) is 14.5 Å². The van der Waals surface area contributed by atoms with Crippen LogP contribution in [0.4, 0.5) is 0 Å². The molecule has 2 rings (SSSR count). The molecule has 0 radical (unpaired) electrons. The van der Waals surface area contributed by atoms with E-state index in [2.05, 4.69) is 53.0 Å². The molecule has 0 amide bonds. The minimum atomic E-state index is 1.06. The Morgan fingerprint density at radius 2 is 2.15 bits per heavy atom. The Hall–Kier alpha value is 0.360. The number of rotatable bonds is 1. The van der Waals surface area contributed by atoms with Crippen molar-refractivity contribution in [3.05, 3.63) is 22.0 Å². The van der Waals surface area contributed by atoms with E-state index in [1.807, 2.05) is 0 Å². The van der Waals surface area contributed by atoms with Crippen LogP contribution < -0.4 is 0 Å². The fourth-order valence-electron chi connectivity index (χ4n) is 1.19. The van der Waals surface area contributed by atoms with Gasteiger partial charge in [0.15, 0.2) is 0 Å². The van der Waals surface area contributed by atoms with Crippen molar-refractivity contribution < 1.29 is 0 Å². The summed E-state index contributed by atoms with van der Waals surface area (Å²) in [5.41, 5.74) is 0. The minimum absolute atomic E-state index is 1.06. The van der Waals surface area contributed by atoms with E-state index < -0.39 is 0 Å². The van der Waals surface area contributed by atoms with Crippen molar-refractivity contribution in [2.24, 2.45) is 0 Å². The molecule has 1 aromatic carbocycles. The number of fused-ring (bicyclic) bond motifs is 1. The van der Waals surface area contributed by atoms with E-state index in [0.29, 0.717) is 0 Å². The van der Waals surface area contributed by atoms with Crippen LogP contribution in [0.1, 0.15) is 0 Å². The molecule has 0 bridgehead atoms. The third kappa shape index (κ3) is 1.91. The summed E-state index contributed by atoms with van der Waals surface area (Å²) in [4.78, 5) is 2.30. The number of benzene rings is 1. The number of thiol groups is 1. The van der Waals surface area contributed by atoms with Crippen LogP contribution in [-0.2, 0) is 0 Å². The van der Waals surface area contributed by atoms with E-state index in [0.717, 1.165) is 4.90 Å². The molecular formula is C9H7BrS3. The van der Waals surface area contributed by atoms with Crippen molar-refractivity contribution >= 4 is 61.7 Å². The lowest BCUT2D eigenvalue weighted by molar-refractivity contribution is 1.30. The van der Waals surface area contributed by atoms with Crippen LogP contribution in [-0.4, -0.2) is 6.26 Å². The lowest BCUT2D eigenvalue weighted by Crippen LogP contribution is -1.72. The Bertz CT molecular complexity index is 447. The molecule has 0 aliphatic carbocycles. The van der Waals surface area contributed by atoms with Crippen LogP contribution in [0, 0.1) is 0 Å². The summed E-state index contributed by atoms with van der Waals surface area (Å²) in [5.74, 6) is 0. The molecule has 1 heterocycles. The Balaban J connectivity index is 2.72. The first-order valence-corrected chi connectivity index (χ1v) is 6.95. The van der Waals surface area contributed by atoms with Gasteiger partial charge in [-0.25, -0.2) is 0 Å². The lowest BCUT2D eigenvalue weighted by Gasteiger charge is -2.00. The van der Waals surface area contributed by atoms with Gasteiger partial charge >= 0.3 is 0 Å². The Morgan fingerprint density at radius 1 is 1.38 bits per heavy atom. The first-order valence-electron chi connectivity index (χ1n) is 3.67. The zero-order valence-electron chi connectivity index (χ0n) is 6.87. The van der Waals surface area contributed by atoms with Gasteiger partial charge in [-0.2, -0.15) is 0 Å². The van der Waals surface area contributed by atoms with Crippen LogP contribution in [0.2, 0.25) is 0 Å². The first kappa shape index (κ1) is 9.90. The predicted octanol–water partition coefficient (Wildman–Crippen LogP) is 4.67. The maximum atomic E-state index is 4.43. The highest BCUT2D eigenvalue weighted by molar-refractivity contribution is 9.11. The van der Waals surface area contributed by atoms with Crippen LogP contribution in [0.3, 0.4) is 0 Å². The predicted molar refractivity (Wildman–Crippen MR) is 68.6 cm³/mol. The smallest absolute Gasteiger partial charge is 0.0711 e. The number of thiophene rings is 1. The summed E-state index contributed by atoms with van der Waals surface area (Å²) < 4.78 is 2.46. The molecule has 2 aromatic rings. The highest BCUT2D eigenvalue weighted by Crippen LogP contribution is 2.35. The second-order valence-corrected chi connectivity index (χ2v) is 6.41. The zero-order valence-corrected chi connectivity index (χ0v) is 11.0. The van der Waals surface area contributed by atoms with Gasteiger partial charge in [-0.05, 0) is 45.8 Å². The van der Waals surface area contributed by atoms with Crippen molar-refractivity contribution in [1.82, 2.24) is 0 Å². The first-order chi connectivity index (χ1) is 6.20. The van der Waals surface area contributed by atoms with Crippen LogP contribution >= 0.6 is 51.7 Å².